The van der Waals surface area contributed by atoms with Crippen LogP contribution in [0.5, 0.6) is 0 Å². The number of alkyl carbamates (subject to hydrolysis) is 1. The van der Waals surface area contributed by atoms with E-state index in [4.69, 9.17) is 16.3 Å². The SMILES string of the molecule is CC(C)(C)OC(=O)NC1CN(S(=O)(=O)c2cccc(Cl)c2)[C@](C)(C(=O)O)C1. The number of rotatable bonds is 4. The van der Waals surface area contributed by atoms with E-state index in [0.717, 1.165) is 4.31 Å². The number of hydrogen-bond donors (Lipinski definition) is 2. The van der Waals surface area contributed by atoms with E-state index in [2.05, 4.69) is 5.32 Å². The molecule has 0 aliphatic carbocycles. The smallest absolute Gasteiger partial charge is 0.407 e. The predicted molar refractivity (Wildman–Crippen MR) is 99.2 cm³/mol. The second kappa shape index (κ2) is 7.29. The van der Waals surface area contributed by atoms with Gasteiger partial charge in [0, 0.05) is 17.6 Å². The highest BCUT2D eigenvalue weighted by Crippen LogP contribution is 2.35. The fourth-order valence-electron chi connectivity index (χ4n) is 2.93. The lowest BCUT2D eigenvalue weighted by atomic mass is 9.99. The van der Waals surface area contributed by atoms with E-state index in [1.54, 1.807) is 20.8 Å². The molecule has 0 aromatic heterocycles. The van der Waals surface area contributed by atoms with Gasteiger partial charge in [0.25, 0.3) is 0 Å². The molecule has 10 heteroatoms. The van der Waals surface area contributed by atoms with Crippen molar-refractivity contribution in [2.24, 2.45) is 0 Å². The third-order valence-corrected chi connectivity index (χ3v) is 6.36. The van der Waals surface area contributed by atoms with Gasteiger partial charge in [-0.2, -0.15) is 4.31 Å². The molecule has 0 radical (unpaired) electrons. The van der Waals surface area contributed by atoms with Crippen molar-refractivity contribution in [1.29, 1.82) is 0 Å². The Balaban J connectivity index is 2.32. The summed E-state index contributed by atoms with van der Waals surface area (Å²) < 4.78 is 32.1. The minimum absolute atomic E-state index is 0.0959. The molecule has 1 aliphatic heterocycles. The van der Waals surface area contributed by atoms with Crippen LogP contribution in [0.15, 0.2) is 29.2 Å². The van der Waals surface area contributed by atoms with Gasteiger partial charge in [0.05, 0.1) is 4.90 Å². The maximum Gasteiger partial charge on any atom is 0.407 e. The number of benzene rings is 1. The molecule has 1 aromatic rings. The Hall–Kier alpha value is -1.84. The van der Waals surface area contributed by atoms with Gasteiger partial charge < -0.3 is 15.2 Å². The predicted octanol–water partition coefficient (Wildman–Crippen LogP) is 2.47. The molecule has 0 saturated carbocycles. The van der Waals surface area contributed by atoms with Gasteiger partial charge in [-0.1, -0.05) is 17.7 Å². The summed E-state index contributed by atoms with van der Waals surface area (Å²) in [6, 6.07) is 4.88. The first kappa shape index (κ1) is 21.5. The number of nitrogens with zero attached hydrogens (tertiary/aromatic N) is 1. The van der Waals surface area contributed by atoms with Crippen LogP contribution in [0.2, 0.25) is 5.02 Å². The molecule has 150 valence electrons. The molecule has 2 rings (SSSR count). The summed E-state index contributed by atoms with van der Waals surface area (Å²) in [5.41, 5.74) is -2.45. The third kappa shape index (κ3) is 4.72. The Labute approximate surface area is 163 Å². The average molecular weight is 419 g/mol. The summed E-state index contributed by atoms with van der Waals surface area (Å²) in [4.78, 5) is 23.8. The number of carbonyl (C=O) groups excluding carboxylic acids is 1. The van der Waals surface area contributed by atoms with Crippen molar-refractivity contribution in [2.45, 2.75) is 56.2 Å². The second-order valence-electron chi connectivity index (χ2n) is 7.62. The van der Waals surface area contributed by atoms with Gasteiger partial charge in [-0.25, -0.2) is 13.2 Å². The normalized spacial score (nSPS) is 23.8. The third-order valence-electron chi connectivity index (χ3n) is 4.15. The van der Waals surface area contributed by atoms with Gasteiger partial charge in [0.2, 0.25) is 10.0 Å². The van der Waals surface area contributed by atoms with Crippen LogP contribution in [0, 0.1) is 0 Å². The highest BCUT2D eigenvalue weighted by molar-refractivity contribution is 7.89. The molecular formula is C17H23ClN2O6S. The van der Waals surface area contributed by atoms with E-state index in [9.17, 15) is 23.1 Å². The first-order chi connectivity index (χ1) is 12.3. The summed E-state index contributed by atoms with van der Waals surface area (Å²) in [7, 11) is -4.14. The van der Waals surface area contributed by atoms with Crippen molar-refractivity contribution in [3.05, 3.63) is 29.3 Å². The van der Waals surface area contributed by atoms with Crippen LogP contribution >= 0.6 is 11.6 Å². The van der Waals surface area contributed by atoms with Crippen LogP contribution < -0.4 is 5.32 Å². The van der Waals surface area contributed by atoms with Crippen molar-refractivity contribution < 1.29 is 27.9 Å². The molecule has 1 aromatic carbocycles. The largest absolute Gasteiger partial charge is 0.480 e. The van der Waals surface area contributed by atoms with Gasteiger partial charge in [0.1, 0.15) is 11.1 Å². The van der Waals surface area contributed by atoms with Crippen molar-refractivity contribution in [3.8, 4) is 0 Å². The highest BCUT2D eigenvalue weighted by Gasteiger charge is 2.54. The zero-order valence-corrected chi connectivity index (χ0v) is 17.1. The number of carbonyl (C=O) groups is 2. The fraction of sp³-hybridized carbons (Fsp3) is 0.529. The van der Waals surface area contributed by atoms with Gasteiger partial charge >= 0.3 is 12.1 Å². The monoisotopic (exact) mass is 418 g/mol. The molecule has 1 aliphatic rings. The van der Waals surface area contributed by atoms with Crippen molar-refractivity contribution >= 4 is 33.7 Å². The number of halogens is 1. The van der Waals surface area contributed by atoms with Crippen molar-refractivity contribution in [2.75, 3.05) is 6.54 Å². The Morgan fingerprint density at radius 1 is 1.37 bits per heavy atom. The Morgan fingerprint density at radius 2 is 2.00 bits per heavy atom. The van der Waals surface area contributed by atoms with E-state index in [0.29, 0.717) is 0 Å². The molecule has 0 bridgehead atoms. The van der Waals surface area contributed by atoms with Crippen molar-refractivity contribution in [1.82, 2.24) is 9.62 Å². The maximum atomic E-state index is 13.0. The van der Waals surface area contributed by atoms with E-state index < -0.39 is 39.3 Å². The Kier molecular flexibility index (Phi) is 5.79. The molecule has 2 N–H and O–H groups in total. The lowest BCUT2D eigenvalue weighted by Gasteiger charge is -2.29. The average Bonchev–Trinajstić information content (AvgIpc) is 2.84. The molecule has 8 nitrogen and oxygen atoms in total. The Morgan fingerprint density at radius 3 is 2.52 bits per heavy atom. The summed E-state index contributed by atoms with van der Waals surface area (Å²) in [6.07, 6.45) is -0.830. The molecule has 1 unspecified atom stereocenters. The lowest BCUT2D eigenvalue weighted by molar-refractivity contribution is -0.146. The number of aliphatic carboxylic acids is 1. The number of ether oxygens (including phenoxy) is 1. The second-order valence-corrected chi connectivity index (χ2v) is 9.92. The number of carboxylic acids is 1. The summed E-state index contributed by atoms with van der Waals surface area (Å²) in [6.45, 7) is 6.20. The van der Waals surface area contributed by atoms with Gasteiger partial charge in [-0.05, 0) is 52.3 Å². The molecule has 1 heterocycles. The van der Waals surface area contributed by atoms with Gasteiger partial charge in [-0.3, -0.25) is 4.79 Å². The van der Waals surface area contributed by atoms with Crippen LogP contribution in [-0.4, -0.2) is 53.6 Å². The van der Waals surface area contributed by atoms with Crippen LogP contribution in [0.25, 0.3) is 0 Å². The maximum absolute atomic E-state index is 13.0. The lowest BCUT2D eigenvalue weighted by Crippen LogP contribution is -2.50. The summed E-state index contributed by atoms with van der Waals surface area (Å²) in [5, 5.41) is 12.4. The van der Waals surface area contributed by atoms with Crippen LogP contribution in [-0.2, 0) is 19.6 Å². The Bertz CT molecular complexity index is 851. The van der Waals surface area contributed by atoms with Gasteiger partial charge in [0.15, 0.2) is 0 Å². The molecule has 0 spiro atoms. The van der Waals surface area contributed by atoms with Crippen LogP contribution in [0.3, 0.4) is 0 Å². The van der Waals surface area contributed by atoms with E-state index in [1.807, 2.05) is 0 Å². The van der Waals surface area contributed by atoms with E-state index >= 15 is 0 Å². The molecule has 1 saturated heterocycles. The molecule has 2 atom stereocenters. The number of nitrogens with one attached hydrogen (secondary N) is 1. The standard InChI is InChI=1S/C17H23ClN2O6S/c1-16(2,3)26-15(23)19-12-9-17(4,14(21)22)20(10-12)27(24,25)13-7-5-6-11(18)8-13/h5-8,12H,9-10H2,1-4H3,(H,19,23)(H,21,22)/t12?,17-/m0/s1. The topological polar surface area (TPSA) is 113 Å². The molecule has 1 fully saturated rings. The summed E-state index contributed by atoms with van der Waals surface area (Å²) in [5.74, 6) is -1.30. The van der Waals surface area contributed by atoms with E-state index in [1.165, 1.54) is 31.2 Å². The number of carboxylic acid groups (broad SMARTS) is 1. The molecule has 1 amide bonds. The number of hydrogen-bond acceptors (Lipinski definition) is 5. The highest BCUT2D eigenvalue weighted by atomic mass is 35.5. The molecular weight excluding hydrogens is 396 g/mol. The quantitative estimate of drug-likeness (QED) is 0.776. The molecule has 27 heavy (non-hydrogen) atoms. The zero-order valence-electron chi connectivity index (χ0n) is 15.5. The minimum atomic E-state index is -4.14. The fourth-order valence-corrected chi connectivity index (χ4v) is 5.03. The minimum Gasteiger partial charge on any atom is -0.480 e. The van der Waals surface area contributed by atoms with Crippen LogP contribution in [0.1, 0.15) is 34.1 Å². The first-order valence-corrected chi connectivity index (χ1v) is 10.1. The summed E-state index contributed by atoms with van der Waals surface area (Å²) >= 11 is 5.88. The van der Waals surface area contributed by atoms with Crippen LogP contribution in [0.4, 0.5) is 4.79 Å². The van der Waals surface area contributed by atoms with Crippen molar-refractivity contribution in [3.63, 3.8) is 0 Å². The zero-order chi connectivity index (χ0) is 20.6. The number of sulfonamides is 1. The van der Waals surface area contributed by atoms with Gasteiger partial charge in [-0.15, -0.1) is 0 Å². The number of amides is 1. The first-order valence-electron chi connectivity index (χ1n) is 8.27. The van der Waals surface area contributed by atoms with E-state index in [-0.39, 0.29) is 22.9 Å².